The van der Waals surface area contributed by atoms with Gasteiger partial charge in [-0.15, -0.1) is 0 Å². The summed E-state index contributed by atoms with van der Waals surface area (Å²) in [6.45, 7) is 1.99. The zero-order chi connectivity index (χ0) is 18.8. The zero-order valence-electron chi connectivity index (χ0n) is 15.1. The molecule has 2 amide bonds. The van der Waals surface area contributed by atoms with Gasteiger partial charge in [-0.05, 0) is 36.1 Å². The van der Waals surface area contributed by atoms with Crippen molar-refractivity contribution in [2.24, 2.45) is 5.92 Å². The predicted octanol–water partition coefficient (Wildman–Crippen LogP) is 2.01. The molecular weight excluding hydrogens is 342 g/mol. The van der Waals surface area contributed by atoms with Gasteiger partial charge >= 0.3 is 0 Å². The predicted molar refractivity (Wildman–Crippen MR) is 99.7 cm³/mol. The molecule has 4 rings (SSSR count). The molecule has 0 spiro atoms. The highest BCUT2D eigenvalue weighted by atomic mass is 16.3. The number of aliphatic hydroxyl groups excluding tert-OH is 1. The first kappa shape index (κ1) is 17.7. The van der Waals surface area contributed by atoms with Crippen LogP contribution >= 0.6 is 0 Å². The molecule has 6 heteroatoms. The highest BCUT2D eigenvalue weighted by Gasteiger charge is 2.33. The van der Waals surface area contributed by atoms with E-state index in [0.717, 1.165) is 11.1 Å². The second kappa shape index (κ2) is 7.48. The lowest BCUT2D eigenvalue weighted by Crippen LogP contribution is -2.46. The largest absolute Gasteiger partial charge is 0.387 e. The Morgan fingerprint density at radius 2 is 1.74 bits per heavy atom. The van der Waals surface area contributed by atoms with Crippen molar-refractivity contribution in [3.63, 3.8) is 0 Å². The van der Waals surface area contributed by atoms with Gasteiger partial charge in [-0.1, -0.05) is 30.3 Å². The Kier molecular flexibility index (Phi) is 4.90. The van der Waals surface area contributed by atoms with Crippen molar-refractivity contribution < 1.29 is 14.7 Å². The normalized spacial score (nSPS) is 20.3. The summed E-state index contributed by atoms with van der Waals surface area (Å²) in [5.74, 6) is -0.104. The van der Waals surface area contributed by atoms with E-state index in [1.807, 2.05) is 24.3 Å². The Labute approximate surface area is 158 Å². The number of aromatic nitrogens is 1. The van der Waals surface area contributed by atoms with Crippen LogP contribution in [0.15, 0.2) is 48.7 Å². The quantitative estimate of drug-likeness (QED) is 0.884. The molecule has 0 radical (unpaired) electrons. The number of benzene rings is 1. The molecule has 1 atom stereocenters. The Hall–Kier alpha value is -2.73. The number of amides is 2. The third-order valence-corrected chi connectivity index (χ3v) is 5.50. The molecule has 2 aliphatic heterocycles. The maximum Gasteiger partial charge on any atom is 0.272 e. The molecule has 1 fully saturated rings. The number of nitrogens with zero attached hydrogens (tertiary/aromatic N) is 3. The van der Waals surface area contributed by atoms with E-state index in [-0.39, 0.29) is 17.7 Å². The summed E-state index contributed by atoms with van der Waals surface area (Å²) >= 11 is 0. The van der Waals surface area contributed by atoms with E-state index in [1.54, 1.807) is 34.2 Å². The summed E-state index contributed by atoms with van der Waals surface area (Å²) in [6, 6.07) is 13.0. The Bertz CT molecular complexity index is 832. The molecule has 3 heterocycles. The Morgan fingerprint density at radius 3 is 2.48 bits per heavy atom. The van der Waals surface area contributed by atoms with Crippen LogP contribution in [0.25, 0.3) is 0 Å². The van der Waals surface area contributed by atoms with Gasteiger partial charge in [0.05, 0.1) is 12.6 Å². The van der Waals surface area contributed by atoms with Gasteiger partial charge < -0.3 is 14.9 Å². The first-order chi connectivity index (χ1) is 13.1. The van der Waals surface area contributed by atoms with Gasteiger partial charge in [-0.2, -0.15) is 0 Å². The highest BCUT2D eigenvalue weighted by molar-refractivity contribution is 5.92. The lowest BCUT2D eigenvalue weighted by atomic mass is 9.92. The summed E-state index contributed by atoms with van der Waals surface area (Å²) in [6.07, 6.45) is 2.27. The Morgan fingerprint density at radius 1 is 1.00 bits per heavy atom. The maximum atomic E-state index is 13.0. The third-order valence-electron chi connectivity index (χ3n) is 5.50. The van der Waals surface area contributed by atoms with E-state index in [1.165, 1.54) is 0 Å². The molecule has 0 bridgehead atoms. The van der Waals surface area contributed by atoms with Gasteiger partial charge in [0.2, 0.25) is 5.91 Å². The first-order valence-corrected chi connectivity index (χ1v) is 9.38. The van der Waals surface area contributed by atoms with E-state index in [4.69, 9.17) is 0 Å². The van der Waals surface area contributed by atoms with Gasteiger partial charge in [0.1, 0.15) is 5.69 Å². The monoisotopic (exact) mass is 365 g/mol. The maximum absolute atomic E-state index is 13.0. The number of hydrogen-bond donors (Lipinski definition) is 1. The fourth-order valence-corrected chi connectivity index (χ4v) is 3.99. The van der Waals surface area contributed by atoms with E-state index < -0.39 is 6.10 Å². The van der Waals surface area contributed by atoms with Crippen LogP contribution in [-0.2, 0) is 11.3 Å². The number of fused-ring (bicyclic) bond motifs is 1. The highest BCUT2D eigenvalue weighted by Crippen LogP contribution is 2.29. The lowest BCUT2D eigenvalue weighted by Gasteiger charge is -2.37. The summed E-state index contributed by atoms with van der Waals surface area (Å²) in [5.41, 5.74) is 2.36. The number of rotatable bonds is 2. The van der Waals surface area contributed by atoms with Crippen LogP contribution in [-0.4, -0.2) is 51.3 Å². The lowest BCUT2D eigenvalue weighted by molar-refractivity contribution is -0.139. The van der Waals surface area contributed by atoms with Crippen molar-refractivity contribution in [1.29, 1.82) is 0 Å². The summed E-state index contributed by atoms with van der Waals surface area (Å²) in [7, 11) is 0. The number of likely N-dealkylation sites (tertiary alicyclic amines) is 1. The molecule has 27 heavy (non-hydrogen) atoms. The van der Waals surface area contributed by atoms with Crippen molar-refractivity contribution in [3.05, 3.63) is 65.5 Å². The number of β-amino-alcohol motifs (C(OH)–C–C–N with tert-alkyl or cyclic N) is 1. The number of pyridine rings is 1. The van der Waals surface area contributed by atoms with Crippen LogP contribution in [0.1, 0.15) is 40.6 Å². The molecule has 2 aliphatic rings. The van der Waals surface area contributed by atoms with Crippen molar-refractivity contribution >= 4 is 11.8 Å². The van der Waals surface area contributed by atoms with Crippen LogP contribution in [0.4, 0.5) is 0 Å². The van der Waals surface area contributed by atoms with Crippen molar-refractivity contribution in [1.82, 2.24) is 14.8 Å². The molecular formula is C21H23N3O3. The fourth-order valence-electron chi connectivity index (χ4n) is 3.99. The number of carbonyl (C=O) groups excluding carboxylic acids is 2. The van der Waals surface area contributed by atoms with Gasteiger partial charge in [0, 0.05) is 31.7 Å². The molecule has 0 unspecified atom stereocenters. The summed E-state index contributed by atoms with van der Waals surface area (Å²) < 4.78 is 0. The molecule has 0 saturated carbocycles. The van der Waals surface area contributed by atoms with E-state index >= 15 is 0 Å². The average Bonchev–Trinajstić information content (AvgIpc) is 2.73. The van der Waals surface area contributed by atoms with Crippen LogP contribution < -0.4 is 0 Å². The van der Waals surface area contributed by atoms with Crippen LogP contribution in [0.3, 0.4) is 0 Å². The minimum absolute atomic E-state index is 0.0773. The number of hydrogen-bond acceptors (Lipinski definition) is 4. The Balaban J connectivity index is 1.37. The van der Waals surface area contributed by atoms with Crippen molar-refractivity contribution in [3.8, 4) is 0 Å². The van der Waals surface area contributed by atoms with Gasteiger partial charge in [0.25, 0.3) is 5.91 Å². The summed E-state index contributed by atoms with van der Waals surface area (Å²) in [5, 5.41) is 10.4. The molecule has 1 aromatic carbocycles. The van der Waals surface area contributed by atoms with Crippen LogP contribution in [0.2, 0.25) is 0 Å². The second-order valence-electron chi connectivity index (χ2n) is 7.21. The smallest absolute Gasteiger partial charge is 0.272 e. The zero-order valence-corrected chi connectivity index (χ0v) is 15.1. The van der Waals surface area contributed by atoms with Gasteiger partial charge in [-0.3, -0.25) is 14.6 Å². The minimum Gasteiger partial charge on any atom is -0.387 e. The first-order valence-electron chi connectivity index (χ1n) is 9.38. The van der Waals surface area contributed by atoms with E-state index in [0.29, 0.717) is 44.7 Å². The standard InChI is InChI=1S/C21H23N3O3/c25-19-14-24(13-16-5-1-2-6-17(16)19)20(26)15-8-11-23(12-9-15)21(27)18-7-3-4-10-22-18/h1-7,10,15,19,25H,8-9,11-14H2/t19-/m0/s1. The molecule has 0 aliphatic carbocycles. The molecule has 2 aromatic rings. The van der Waals surface area contributed by atoms with Gasteiger partial charge in [-0.25, -0.2) is 0 Å². The number of aliphatic hydroxyl groups is 1. The molecule has 1 aromatic heterocycles. The van der Waals surface area contributed by atoms with Crippen molar-refractivity contribution in [2.45, 2.75) is 25.5 Å². The molecule has 1 N–H and O–H groups in total. The van der Waals surface area contributed by atoms with Gasteiger partial charge in [0.15, 0.2) is 0 Å². The number of carbonyl (C=O) groups is 2. The fraction of sp³-hybridized carbons (Fsp3) is 0.381. The van der Waals surface area contributed by atoms with E-state index in [2.05, 4.69) is 4.98 Å². The number of piperidine rings is 1. The average molecular weight is 365 g/mol. The van der Waals surface area contributed by atoms with Crippen molar-refractivity contribution in [2.75, 3.05) is 19.6 Å². The molecule has 1 saturated heterocycles. The molecule has 140 valence electrons. The van der Waals surface area contributed by atoms with E-state index in [9.17, 15) is 14.7 Å². The SMILES string of the molecule is O=C(c1ccccn1)N1CCC(C(=O)N2Cc3ccccc3[C@@H](O)C2)CC1. The summed E-state index contributed by atoms with van der Waals surface area (Å²) in [4.78, 5) is 33.1. The van der Waals surface area contributed by atoms with Crippen LogP contribution in [0.5, 0.6) is 0 Å². The molecule has 6 nitrogen and oxygen atoms in total. The third kappa shape index (κ3) is 3.57. The minimum atomic E-state index is -0.635. The second-order valence-corrected chi connectivity index (χ2v) is 7.21. The topological polar surface area (TPSA) is 73.7 Å². The van der Waals surface area contributed by atoms with Crippen LogP contribution in [0, 0.1) is 5.92 Å².